The molecule has 1 amide bonds. The van der Waals surface area contributed by atoms with Gasteiger partial charge in [0.15, 0.2) is 5.16 Å². The van der Waals surface area contributed by atoms with E-state index in [-0.39, 0.29) is 17.4 Å². The molecule has 0 aliphatic rings. The summed E-state index contributed by atoms with van der Waals surface area (Å²) in [6, 6.07) is 19.2. The highest BCUT2D eigenvalue weighted by Crippen LogP contribution is 2.29. The van der Waals surface area contributed by atoms with Crippen LogP contribution in [0.25, 0.3) is 16.6 Å². The minimum atomic E-state index is -0.416. The minimum absolute atomic E-state index is 0.0884. The van der Waals surface area contributed by atoms with Gasteiger partial charge in [0.25, 0.3) is 5.56 Å². The summed E-state index contributed by atoms with van der Waals surface area (Å²) in [5, 5.41) is 5.63. The minimum Gasteiger partial charge on any atom is -0.350 e. The van der Waals surface area contributed by atoms with Crippen LogP contribution in [0.1, 0.15) is 37.1 Å². The molecule has 0 fully saturated rings. The summed E-state index contributed by atoms with van der Waals surface area (Å²) < 4.78 is 1.66. The number of benzene rings is 2. The summed E-state index contributed by atoms with van der Waals surface area (Å²) in [4.78, 5) is 32.2. The van der Waals surface area contributed by atoms with Crippen molar-refractivity contribution >= 4 is 39.9 Å². The molecule has 2 aromatic carbocycles. The third-order valence-corrected chi connectivity index (χ3v) is 7.14. The lowest BCUT2D eigenvalue weighted by molar-refractivity contribution is -0.120. The second-order valence-electron chi connectivity index (χ2n) is 7.82. The normalized spacial score (nSPS) is 12.2. The molecule has 1 unspecified atom stereocenters. The Morgan fingerprint density at radius 3 is 2.56 bits per heavy atom. The number of nitrogens with one attached hydrogen (secondary N) is 1. The van der Waals surface area contributed by atoms with Crippen molar-refractivity contribution in [3.05, 3.63) is 86.8 Å². The fraction of sp³-hybridized carbons (Fsp3) is 0.240. The Hall–Kier alpha value is -2.90. The van der Waals surface area contributed by atoms with Gasteiger partial charge in [-0.3, -0.25) is 14.2 Å². The van der Waals surface area contributed by atoms with E-state index >= 15 is 0 Å². The van der Waals surface area contributed by atoms with Crippen molar-refractivity contribution in [3.8, 4) is 5.69 Å². The number of rotatable bonds is 7. The molecular weight excluding hydrogens is 438 g/mol. The average molecular weight is 464 g/mol. The SMILES string of the molecule is CC(Sc1nc2ccccc2c(=O)n1-c1ccccc1C(C)C)C(=O)NCc1cccs1. The molecule has 0 saturated heterocycles. The van der Waals surface area contributed by atoms with Crippen LogP contribution >= 0.6 is 23.1 Å². The monoisotopic (exact) mass is 463 g/mol. The molecule has 32 heavy (non-hydrogen) atoms. The first-order valence-corrected chi connectivity index (χ1v) is 12.3. The maximum absolute atomic E-state index is 13.6. The van der Waals surface area contributed by atoms with Crippen LogP contribution in [-0.4, -0.2) is 20.7 Å². The summed E-state index contributed by atoms with van der Waals surface area (Å²) in [5.41, 5.74) is 2.37. The van der Waals surface area contributed by atoms with E-state index in [1.807, 2.05) is 66.9 Å². The first kappa shape index (κ1) is 22.3. The topological polar surface area (TPSA) is 64.0 Å². The van der Waals surface area contributed by atoms with Gasteiger partial charge in [0.2, 0.25) is 5.91 Å². The number of thioether (sulfide) groups is 1. The van der Waals surface area contributed by atoms with E-state index in [1.165, 1.54) is 11.8 Å². The predicted molar refractivity (Wildman–Crippen MR) is 133 cm³/mol. The Labute approximate surface area is 195 Å². The number of carbonyl (C=O) groups excluding carboxylic acids is 1. The number of para-hydroxylation sites is 2. The molecule has 0 bridgehead atoms. The molecule has 0 spiro atoms. The first-order valence-electron chi connectivity index (χ1n) is 10.5. The third kappa shape index (κ3) is 4.64. The Morgan fingerprint density at radius 2 is 1.81 bits per heavy atom. The van der Waals surface area contributed by atoms with Gasteiger partial charge in [0, 0.05) is 4.88 Å². The summed E-state index contributed by atoms with van der Waals surface area (Å²) in [6.45, 7) is 6.54. The fourth-order valence-corrected chi connectivity index (χ4v) is 5.11. The van der Waals surface area contributed by atoms with Crippen LogP contribution in [0.3, 0.4) is 0 Å². The van der Waals surface area contributed by atoms with Crippen LogP contribution < -0.4 is 10.9 Å². The van der Waals surface area contributed by atoms with Gasteiger partial charge in [-0.05, 0) is 48.1 Å². The molecule has 1 N–H and O–H groups in total. The standard InChI is InChI=1S/C25H25N3O2S2/c1-16(2)19-10-5-7-13-22(19)28-24(30)20-11-4-6-12-21(20)27-25(28)32-17(3)23(29)26-15-18-9-8-14-31-18/h4-14,16-17H,15H2,1-3H3,(H,26,29). The number of carbonyl (C=O) groups is 1. The van der Waals surface area contributed by atoms with Gasteiger partial charge >= 0.3 is 0 Å². The fourth-order valence-electron chi connectivity index (χ4n) is 3.53. The molecule has 1 atom stereocenters. The number of fused-ring (bicyclic) bond motifs is 1. The van der Waals surface area contributed by atoms with Crippen molar-refractivity contribution < 1.29 is 4.79 Å². The maximum atomic E-state index is 13.6. The van der Waals surface area contributed by atoms with Crippen molar-refractivity contribution in [1.82, 2.24) is 14.9 Å². The second-order valence-corrected chi connectivity index (χ2v) is 10.2. The van der Waals surface area contributed by atoms with Gasteiger partial charge in [-0.2, -0.15) is 0 Å². The number of hydrogen-bond acceptors (Lipinski definition) is 5. The molecule has 164 valence electrons. The molecular formula is C25H25N3O2S2. The van der Waals surface area contributed by atoms with E-state index in [1.54, 1.807) is 22.0 Å². The highest BCUT2D eigenvalue weighted by atomic mass is 32.2. The van der Waals surface area contributed by atoms with Gasteiger partial charge in [0.1, 0.15) is 0 Å². The number of aromatic nitrogens is 2. The lowest BCUT2D eigenvalue weighted by Gasteiger charge is -2.19. The molecule has 0 saturated carbocycles. The smallest absolute Gasteiger partial charge is 0.266 e. The zero-order valence-corrected chi connectivity index (χ0v) is 19.9. The molecule has 2 heterocycles. The summed E-state index contributed by atoms with van der Waals surface area (Å²) in [5.74, 6) is 0.142. The van der Waals surface area contributed by atoms with Crippen molar-refractivity contribution in [2.75, 3.05) is 0 Å². The Kier molecular flexibility index (Phi) is 6.77. The molecule has 0 aliphatic heterocycles. The third-order valence-electron chi connectivity index (χ3n) is 5.21. The van der Waals surface area contributed by atoms with Gasteiger partial charge in [-0.25, -0.2) is 4.98 Å². The Morgan fingerprint density at radius 1 is 1.06 bits per heavy atom. The lowest BCUT2D eigenvalue weighted by Crippen LogP contribution is -2.31. The van der Waals surface area contributed by atoms with E-state index in [4.69, 9.17) is 4.98 Å². The second kappa shape index (κ2) is 9.71. The van der Waals surface area contributed by atoms with Gasteiger partial charge < -0.3 is 5.32 Å². The zero-order valence-electron chi connectivity index (χ0n) is 18.2. The van der Waals surface area contributed by atoms with Crippen molar-refractivity contribution in [3.63, 3.8) is 0 Å². The molecule has 0 aliphatic carbocycles. The average Bonchev–Trinajstić information content (AvgIpc) is 3.31. The highest BCUT2D eigenvalue weighted by Gasteiger charge is 2.21. The van der Waals surface area contributed by atoms with E-state index in [0.717, 1.165) is 16.1 Å². The predicted octanol–water partition coefficient (Wildman–Crippen LogP) is 5.37. The van der Waals surface area contributed by atoms with Crippen LogP contribution in [0.5, 0.6) is 0 Å². The maximum Gasteiger partial charge on any atom is 0.266 e. The molecule has 0 radical (unpaired) electrons. The number of hydrogen-bond donors (Lipinski definition) is 1. The van der Waals surface area contributed by atoms with E-state index in [9.17, 15) is 9.59 Å². The van der Waals surface area contributed by atoms with E-state index in [2.05, 4.69) is 19.2 Å². The Bertz CT molecular complexity index is 1300. The Balaban J connectivity index is 1.74. The molecule has 5 nitrogen and oxygen atoms in total. The van der Waals surface area contributed by atoms with Gasteiger partial charge in [-0.15, -0.1) is 11.3 Å². The number of thiophene rings is 1. The van der Waals surface area contributed by atoms with Crippen LogP contribution in [-0.2, 0) is 11.3 Å². The lowest BCUT2D eigenvalue weighted by atomic mass is 10.0. The van der Waals surface area contributed by atoms with Gasteiger partial charge in [0.05, 0.1) is 28.4 Å². The number of nitrogens with zero attached hydrogens (tertiary/aromatic N) is 2. The quantitative estimate of drug-likeness (QED) is 0.296. The van der Waals surface area contributed by atoms with Crippen molar-refractivity contribution in [2.24, 2.45) is 0 Å². The molecule has 2 aromatic heterocycles. The van der Waals surface area contributed by atoms with Crippen LogP contribution in [0, 0.1) is 0 Å². The summed E-state index contributed by atoms with van der Waals surface area (Å²) in [7, 11) is 0. The summed E-state index contributed by atoms with van der Waals surface area (Å²) >= 11 is 2.91. The molecule has 7 heteroatoms. The summed E-state index contributed by atoms with van der Waals surface area (Å²) in [6.07, 6.45) is 0. The largest absolute Gasteiger partial charge is 0.350 e. The molecule has 4 rings (SSSR count). The van der Waals surface area contributed by atoms with Crippen molar-refractivity contribution in [1.29, 1.82) is 0 Å². The first-order chi connectivity index (χ1) is 15.5. The number of amides is 1. The van der Waals surface area contributed by atoms with E-state index < -0.39 is 5.25 Å². The zero-order chi connectivity index (χ0) is 22.7. The van der Waals surface area contributed by atoms with Crippen LogP contribution in [0.15, 0.2) is 76.0 Å². The van der Waals surface area contributed by atoms with Crippen LogP contribution in [0.2, 0.25) is 0 Å². The van der Waals surface area contributed by atoms with Crippen molar-refractivity contribution in [2.45, 2.75) is 43.6 Å². The van der Waals surface area contributed by atoms with E-state index in [0.29, 0.717) is 22.6 Å². The highest BCUT2D eigenvalue weighted by molar-refractivity contribution is 8.00. The van der Waals surface area contributed by atoms with Gasteiger partial charge in [-0.1, -0.05) is 62.0 Å². The molecule has 4 aromatic rings. The van der Waals surface area contributed by atoms with Crippen LogP contribution in [0.4, 0.5) is 0 Å².